The lowest BCUT2D eigenvalue weighted by Gasteiger charge is -2.29. The molecule has 3 N–H and O–H groups in total. The van der Waals surface area contributed by atoms with E-state index in [9.17, 15) is 5.11 Å². The van der Waals surface area contributed by atoms with Gasteiger partial charge in [-0.2, -0.15) is 0 Å². The first-order chi connectivity index (χ1) is 6.10. The number of aliphatic hydroxyl groups excluding tert-OH is 1. The van der Waals surface area contributed by atoms with Gasteiger partial charge in [0, 0.05) is 25.2 Å². The van der Waals surface area contributed by atoms with Crippen LogP contribution >= 0.6 is 0 Å². The Kier molecular flexibility index (Phi) is 6.29. The molecular formula is C10H23NO2. The van der Waals surface area contributed by atoms with Gasteiger partial charge < -0.3 is 15.6 Å². The van der Waals surface area contributed by atoms with Gasteiger partial charge in [-0.15, -0.1) is 0 Å². The van der Waals surface area contributed by atoms with Crippen molar-refractivity contribution in [2.24, 2.45) is 11.1 Å². The quantitative estimate of drug-likeness (QED) is 0.631. The summed E-state index contributed by atoms with van der Waals surface area (Å²) >= 11 is 0. The second-order valence-corrected chi connectivity index (χ2v) is 3.89. The highest BCUT2D eigenvalue weighted by Gasteiger charge is 2.25. The third-order valence-electron chi connectivity index (χ3n) is 2.60. The molecule has 0 aliphatic heterocycles. The Morgan fingerprint density at radius 1 is 1.46 bits per heavy atom. The largest absolute Gasteiger partial charge is 0.396 e. The van der Waals surface area contributed by atoms with Crippen LogP contribution < -0.4 is 5.73 Å². The van der Waals surface area contributed by atoms with Gasteiger partial charge in [0.05, 0.1) is 6.10 Å². The number of nitrogens with two attached hydrogens (primary N) is 1. The molecule has 0 radical (unpaired) electrons. The third-order valence-corrected chi connectivity index (χ3v) is 2.60. The van der Waals surface area contributed by atoms with E-state index in [-0.39, 0.29) is 18.1 Å². The van der Waals surface area contributed by atoms with E-state index in [0.717, 1.165) is 12.8 Å². The molecule has 0 spiro atoms. The van der Waals surface area contributed by atoms with Crippen LogP contribution in [-0.2, 0) is 4.74 Å². The predicted molar refractivity (Wildman–Crippen MR) is 54.6 cm³/mol. The first kappa shape index (κ1) is 12.9. The molecule has 0 aliphatic carbocycles. The van der Waals surface area contributed by atoms with E-state index in [2.05, 4.69) is 6.92 Å². The molecule has 0 amide bonds. The fourth-order valence-corrected chi connectivity index (χ4v) is 1.19. The summed E-state index contributed by atoms with van der Waals surface area (Å²) in [5.41, 5.74) is 5.50. The number of rotatable bonds is 7. The molecule has 13 heavy (non-hydrogen) atoms. The fourth-order valence-electron chi connectivity index (χ4n) is 1.19. The highest BCUT2D eigenvalue weighted by molar-refractivity contribution is 4.77. The van der Waals surface area contributed by atoms with Crippen LogP contribution in [0.2, 0.25) is 0 Å². The van der Waals surface area contributed by atoms with Crippen molar-refractivity contribution in [3.05, 3.63) is 0 Å². The van der Waals surface area contributed by atoms with Gasteiger partial charge in [0.15, 0.2) is 0 Å². The Morgan fingerprint density at radius 3 is 2.38 bits per heavy atom. The maximum absolute atomic E-state index is 9.21. The average molecular weight is 189 g/mol. The summed E-state index contributed by atoms with van der Waals surface area (Å²) in [6.07, 6.45) is 2.00. The van der Waals surface area contributed by atoms with E-state index < -0.39 is 0 Å². The number of hydrogen-bond acceptors (Lipinski definition) is 3. The van der Waals surface area contributed by atoms with E-state index in [0.29, 0.717) is 13.2 Å². The SMILES string of the molecule is CCC(CN)(CO)CCOC(C)C. The average Bonchev–Trinajstić information content (AvgIpc) is 2.13. The molecule has 0 rings (SSSR count). The minimum Gasteiger partial charge on any atom is -0.396 e. The van der Waals surface area contributed by atoms with Crippen LogP contribution in [-0.4, -0.2) is 31.0 Å². The van der Waals surface area contributed by atoms with Crippen molar-refractivity contribution < 1.29 is 9.84 Å². The van der Waals surface area contributed by atoms with Crippen LogP contribution in [0.3, 0.4) is 0 Å². The molecule has 0 saturated heterocycles. The summed E-state index contributed by atoms with van der Waals surface area (Å²) in [5, 5.41) is 9.21. The Balaban J connectivity index is 3.81. The molecule has 3 nitrogen and oxygen atoms in total. The number of ether oxygens (including phenoxy) is 1. The van der Waals surface area contributed by atoms with Gasteiger partial charge in [-0.25, -0.2) is 0 Å². The van der Waals surface area contributed by atoms with Gasteiger partial charge in [-0.3, -0.25) is 0 Å². The van der Waals surface area contributed by atoms with E-state index >= 15 is 0 Å². The fraction of sp³-hybridized carbons (Fsp3) is 1.00. The Bertz CT molecular complexity index is 114. The molecule has 0 fully saturated rings. The van der Waals surface area contributed by atoms with E-state index in [1.54, 1.807) is 0 Å². The first-order valence-electron chi connectivity index (χ1n) is 5.02. The van der Waals surface area contributed by atoms with Crippen molar-refractivity contribution in [1.29, 1.82) is 0 Å². The maximum Gasteiger partial charge on any atom is 0.0518 e. The molecule has 0 heterocycles. The summed E-state index contributed by atoms with van der Waals surface area (Å²) in [6, 6.07) is 0. The van der Waals surface area contributed by atoms with Gasteiger partial charge in [-0.05, 0) is 26.7 Å². The van der Waals surface area contributed by atoms with Gasteiger partial charge in [-0.1, -0.05) is 6.92 Å². The third kappa shape index (κ3) is 4.60. The van der Waals surface area contributed by atoms with Crippen molar-refractivity contribution >= 4 is 0 Å². The molecule has 0 saturated carbocycles. The van der Waals surface area contributed by atoms with Crippen molar-refractivity contribution in [2.75, 3.05) is 19.8 Å². The zero-order valence-corrected chi connectivity index (χ0v) is 9.05. The Hall–Kier alpha value is -0.120. The predicted octanol–water partition coefficient (Wildman–Crippen LogP) is 1.15. The summed E-state index contributed by atoms with van der Waals surface area (Å²) < 4.78 is 5.44. The van der Waals surface area contributed by atoms with Gasteiger partial charge in [0.1, 0.15) is 0 Å². The molecule has 0 bridgehead atoms. The minimum atomic E-state index is -0.130. The maximum atomic E-state index is 9.21. The molecule has 80 valence electrons. The van der Waals surface area contributed by atoms with E-state index in [4.69, 9.17) is 10.5 Å². The van der Waals surface area contributed by atoms with Crippen LogP contribution in [0.5, 0.6) is 0 Å². The van der Waals surface area contributed by atoms with Gasteiger partial charge in [0.25, 0.3) is 0 Å². The highest BCUT2D eigenvalue weighted by Crippen LogP contribution is 2.24. The van der Waals surface area contributed by atoms with E-state index in [1.165, 1.54) is 0 Å². The number of aliphatic hydroxyl groups is 1. The van der Waals surface area contributed by atoms with Crippen LogP contribution in [0.1, 0.15) is 33.6 Å². The molecule has 1 unspecified atom stereocenters. The van der Waals surface area contributed by atoms with Gasteiger partial charge in [0.2, 0.25) is 0 Å². The molecule has 0 aliphatic rings. The smallest absolute Gasteiger partial charge is 0.0518 e. The summed E-state index contributed by atoms with van der Waals surface area (Å²) in [5.74, 6) is 0. The second-order valence-electron chi connectivity index (χ2n) is 3.89. The van der Waals surface area contributed by atoms with Crippen LogP contribution in [0.15, 0.2) is 0 Å². The topological polar surface area (TPSA) is 55.5 Å². The molecule has 3 heteroatoms. The van der Waals surface area contributed by atoms with Crippen LogP contribution in [0.25, 0.3) is 0 Å². The zero-order valence-electron chi connectivity index (χ0n) is 9.05. The molecule has 1 atom stereocenters. The lowest BCUT2D eigenvalue weighted by molar-refractivity contribution is 0.0312. The molecule has 0 aromatic heterocycles. The highest BCUT2D eigenvalue weighted by atomic mass is 16.5. The molecular weight excluding hydrogens is 166 g/mol. The van der Waals surface area contributed by atoms with E-state index in [1.807, 2.05) is 13.8 Å². The zero-order chi connectivity index (χ0) is 10.3. The summed E-state index contributed by atoms with van der Waals surface area (Å²) in [6.45, 7) is 7.44. The lowest BCUT2D eigenvalue weighted by atomic mass is 9.83. The Labute approximate surface area is 81.3 Å². The van der Waals surface area contributed by atoms with Crippen molar-refractivity contribution in [1.82, 2.24) is 0 Å². The van der Waals surface area contributed by atoms with Crippen molar-refractivity contribution in [3.63, 3.8) is 0 Å². The van der Waals surface area contributed by atoms with Crippen LogP contribution in [0, 0.1) is 5.41 Å². The molecule has 0 aromatic carbocycles. The second kappa shape index (κ2) is 6.35. The van der Waals surface area contributed by atoms with Crippen molar-refractivity contribution in [3.8, 4) is 0 Å². The summed E-state index contributed by atoms with van der Waals surface area (Å²) in [4.78, 5) is 0. The monoisotopic (exact) mass is 189 g/mol. The first-order valence-corrected chi connectivity index (χ1v) is 5.02. The number of hydrogen-bond donors (Lipinski definition) is 2. The standard InChI is InChI=1S/C10H23NO2/c1-4-10(7-11,8-12)5-6-13-9(2)3/h9,12H,4-8,11H2,1-3H3. The minimum absolute atomic E-state index is 0.130. The normalized spacial score (nSPS) is 16.2. The van der Waals surface area contributed by atoms with Gasteiger partial charge >= 0.3 is 0 Å². The lowest BCUT2D eigenvalue weighted by Crippen LogP contribution is -2.35. The Morgan fingerprint density at radius 2 is 2.08 bits per heavy atom. The summed E-state index contributed by atoms with van der Waals surface area (Å²) in [7, 11) is 0. The van der Waals surface area contributed by atoms with Crippen LogP contribution in [0.4, 0.5) is 0 Å². The van der Waals surface area contributed by atoms with Crippen molar-refractivity contribution in [2.45, 2.75) is 39.7 Å². The molecule has 0 aromatic rings.